The summed E-state index contributed by atoms with van der Waals surface area (Å²) in [6.45, 7) is 2.10. The minimum atomic E-state index is 0.00257. The molecule has 0 unspecified atom stereocenters. The van der Waals surface area contributed by atoms with E-state index in [1.165, 1.54) is 22.3 Å². The van der Waals surface area contributed by atoms with Crippen LogP contribution in [0.4, 0.5) is 0 Å². The molecule has 1 aromatic heterocycles. The van der Waals surface area contributed by atoms with Crippen molar-refractivity contribution >= 4 is 10.8 Å². The molecule has 1 aliphatic carbocycles. The molecule has 2 aromatic carbocycles. The van der Waals surface area contributed by atoms with E-state index in [9.17, 15) is 4.79 Å². The van der Waals surface area contributed by atoms with Crippen LogP contribution in [0.3, 0.4) is 0 Å². The molecule has 0 spiro atoms. The molecular weight excluding hydrogens is 234 g/mol. The van der Waals surface area contributed by atoms with Crippen LogP contribution in [-0.2, 0) is 6.42 Å². The standard InChI is InChI=1S/C17H13NO/c1-10-6-7-12-11(8-10)9-15-13-4-2-3-5-14(13)17(19)18-16(12)15/h2-8H,9H2,1H3,(H,18,19). The van der Waals surface area contributed by atoms with Crippen LogP contribution < -0.4 is 5.56 Å². The summed E-state index contributed by atoms with van der Waals surface area (Å²) in [6, 6.07) is 14.3. The quantitative estimate of drug-likeness (QED) is 0.507. The molecule has 2 nitrogen and oxygen atoms in total. The van der Waals surface area contributed by atoms with Crippen LogP contribution in [0.15, 0.2) is 47.3 Å². The molecule has 0 atom stereocenters. The first kappa shape index (κ1) is 10.6. The van der Waals surface area contributed by atoms with Gasteiger partial charge in [0.15, 0.2) is 0 Å². The summed E-state index contributed by atoms with van der Waals surface area (Å²) in [6.07, 6.45) is 0.906. The van der Waals surface area contributed by atoms with E-state index in [0.717, 1.165) is 22.9 Å². The number of aromatic amines is 1. The lowest BCUT2D eigenvalue weighted by molar-refractivity contribution is 1.23. The highest BCUT2D eigenvalue weighted by molar-refractivity contribution is 5.92. The molecule has 2 heteroatoms. The number of hydrogen-bond acceptors (Lipinski definition) is 1. The maximum Gasteiger partial charge on any atom is 0.256 e. The summed E-state index contributed by atoms with van der Waals surface area (Å²) in [5.74, 6) is 0. The van der Waals surface area contributed by atoms with Gasteiger partial charge in [0, 0.05) is 17.4 Å². The Morgan fingerprint density at radius 3 is 2.68 bits per heavy atom. The number of pyridine rings is 1. The van der Waals surface area contributed by atoms with E-state index in [1.807, 2.05) is 24.3 Å². The predicted octanol–water partition coefficient (Wildman–Crippen LogP) is 3.41. The smallest absolute Gasteiger partial charge is 0.256 e. The first-order chi connectivity index (χ1) is 9.24. The maximum absolute atomic E-state index is 12.2. The van der Waals surface area contributed by atoms with Crippen LogP contribution in [0.25, 0.3) is 22.0 Å². The Bertz CT molecular complexity index is 874. The third kappa shape index (κ3) is 1.40. The summed E-state index contributed by atoms with van der Waals surface area (Å²) in [4.78, 5) is 15.2. The fourth-order valence-corrected chi connectivity index (χ4v) is 3.05. The van der Waals surface area contributed by atoms with Gasteiger partial charge < -0.3 is 4.98 Å². The number of H-pyrrole nitrogens is 1. The molecule has 3 aromatic rings. The Balaban J connectivity index is 2.13. The summed E-state index contributed by atoms with van der Waals surface area (Å²) < 4.78 is 0. The normalized spacial score (nSPS) is 12.5. The number of aromatic nitrogens is 1. The highest BCUT2D eigenvalue weighted by atomic mass is 16.1. The van der Waals surface area contributed by atoms with Crippen molar-refractivity contribution in [3.05, 3.63) is 69.5 Å². The maximum atomic E-state index is 12.2. The van der Waals surface area contributed by atoms with Crippen molar-refractivity contribution in [1.82, 2.24) is 4.98 Å². The van der Waals surface area contributed by atoms with E-state index in [1.54, 1.807) is 0 Å². The number of benzene rings is 2. The topological polar surface area (TPSA) is 32.9 Å². The van der Waals surface area contributed by atoms with Gasteiger partial charge >= 0.3 is 0 Å². The fraction of sp³-hybridized carbons (Fsp3) is 0.118. The second-order valence-electron chi connectivity index (χ2n) is 5.19. The second-order valence-corrected chi connectivity index (χ2v) is 5.19. The molecule has 0 bridgehead atoms. The van der Waals surface area contributed by atoms with Gasteiger partial charge in [-0.2, -0.15) is 0 Å². The zero-order valence-corrected chi connectivity index (χ0v) is 10.7. The van der Waals surface area contributed by atoms with Gasteiger partial charge in [-0.1, -0.05) is 42.0 Å². The molecule has 1 N–H and O–H groups in total. The number of rotatable bonds is 0. The van der Waals surface area contributed by atoms with Gasteiger partial charge in [0.25, 0.3) is 5.56 Å². The average molecular weight is 247 g/mol. The van der Waals surface area contributed by atoms with Crippen molar-refractivity contribution < 1.29 is 0 Å². The van der Waals surface area contributed by atoms with E-state index in [-0.39, 0.29) is 5.56 Å². The molecule has 19 heavy (non-hydrogen) atoms. The lowest BCUT2D eigenvalue weighted by Gasteiger charge is -2.04. The molecule has 0 saturated heterocycles. The molecule has 1 aliphatic rings. The Morgan fingerprint density at radius 1 is 1.05 bits per heavy atom. The van der Waals surface area contributed by atoms with Crippen LogP contribution in [0.5, 0.6) is 0 Å². The molecule has 0 aliphatic heterocycles. The third-order valence-electron chi connectivity index (χ3n) is 3.93. The van der Waals surface area contributed by atoms with E-state index >= 15 is 0 Å². The molecule has 92 valence electrons. The minimum absolute atomic E-state index is 0.00257. The summed E-state index contributed by atoms with van der Waals surface area (Å²) in [5, 5.41) is 1.86. The van der Waals surface area contributed by atoms with Crippen LogP contribution in [0, 0.1) is 6.92 Å². The van der Waals surface area contributed by atoms with Crippen LogP contribution >= 0.6 is 0 Å². The number of fused-ring (bicyclic) bond motifs is 5. The second kappa shape index (κ2) is 3.58. The molecule has 1 heterocycles. The molecule has 0 amide bonds. The minimum Gasteiger partial charge on any atom is -0.321 e. The van der Waals surface area contributed by atoms with Gasteiger partial charge in [0.1, 0.15) is 0 Å². The van der Waals surface area contributed by atoms with Crippen molar-refractivity contribution in [2.45, 2.75) is 13.3 Å². The lowest BCUT2D eigenvalue weighted by atomic mass is 10.0. The molecule has 0 saturated carbocycles. The van der Waals surface area contributed by atoms with Crippen molar-refractivity contribution in [2.24, 2.45) is 0 Å². The molecule has 0 fully saturated rings. The number of nitrogens with one attached hydrogen (secondary N) is 1. The Kier molecular flexibility index (Phi) is 1.99. The van der Waals surface area contributed by atoms with Gasteiger partial charge in [0.2, 0.25) is 0 Å². The van der Waals surface area contributed by atoms with Crippen molar-refractivity contribution in [2.75, 3.05) is 0 Å². The first-order valence-corrected chi connectivity index (χ1v) is 6.48. The summed E-state index contributed by atoms with van der Waals surface area (Å²) in [7, 11) is 0. The van der Waals surface area contributed by atoms with Crippen molar-refractivity contribution in [3.8, 4) is 11.3 Å². The van der Waals surface area contributed by atoms with Gasteiger partial charge in [-0.15, -0.1) is 0 Å². The third-order valence-corrected chi connectivity index (χ3v) is 3.93. The average Bonchev–Trinajstić information content (AvgIpc) is 2.77. The highest BCUT2D eigenvalue weighted by Crippen LogP contribution is 2.37. The van der Waals surface area contributed by atoms with E-state index < -0.39 is 0 Å². The monoisotopic (exact) mass is 247 g/mol. The Labute approximate surface area is 110 Å². The summed E-state index contributed by atoms with van der Waals surface area (Å²) in [5.41, 5.74) is 5.99. The van der Waals surface area contributed by atoms with E-state index in [4.69, 9.17) is 0 Å². The van der Waals surface area contributed by atoms with Gasteiger partial charge in [-0.25, -0.2) is 0 Å². The fourth-order valence-electron chi connectivity index (χ4n) is 3.05. The van der Waals surface area contributed by atoms with Crippen LogP contribution in [0.1, 0.15) is 16.7 Å². The van der Waals surface area contributed by atoms with E-state index in [0.29, 0.717) is 0 Å². The zero-order chi connectivity index (χ0) is 13.0. The van der Waals surface area contributed by atoms with Gasteiger partial charge in [-0.3, -0.25) is 4.79 Å². The molecule has 0 radical (unpaired) electrons. The van der Waals surface area contributed by atoms with Crippen LogP contribution in [0.2, 0.25) is 0 Å². The predicted molar refractivity (Wildman–Crippen MR) is 77.5 cm³/mol. The first-order valence-electron chi connectivity index (χ1n) is 6.48. The number of hydrogen-bond donors (Lipinski definition) is 1. The number of aryl methyl sites for hydroxylation is 1. The molecular formula is C17H13NO. The SMILES string of the molecule is Cc1ccc2c(c1)Cc1c-2[nH]c(=O)c2ccccc12. The van der Waals surface area contributed by atoms with E-state index in [2.05, 4.69) is 30.1 Å². The highest BCUT2D eigenvalue weighted by Gasteiger charge is 2.22. The van der Waals surface area contributed by atoms with Crippen LogP contribution in [-0.4, -0.2) is 4.98 Å². The molecule has 4 rings (SSSR count). The lowest BCUT2D eigenvalue weighted by Crippen LogP contribution is -2.08. The van der Waals surface area contributed by atoms with Crippen molar-refractivity contribution in [3.63, 3.8) is 0 Å². The largest absolute Gasteiger partial charge is 0.321 e. The van der Waals surface area contributed by atoms with Gasteiger partial charge in [-0.05, 0) is 29.5 Å². The van der Waals surface area contributed by atoms with Gasteiger partial charge in [0.05, 0.1) is 5.69 Å². The Hall–Kier alpha value is -2.35. The zero-order valence-electron chi connectivity index (χ0n) is 10.7. The Morgan fingerprint density at radius 2 is 1.84 bits per heavy atom. The summed E-state index contributed by atoms with van der Waals surface area (Å²) >= 11 is 0. The van der Waals surface area contributed by atoms with Crippen molar-refractivity contribution in [1.29, 1.82) is 0 Å².